The van der Waals surface area contributed by atoms with Gasteiger partial charge in [0.2, 0.25) is 5.91 Å². The number of hydrogen-bond donors (Lipinski definition) is 1. The topological polar surface area (TPSA) is 72.5 Å². The van der Waals surface area contributed by atoms with E-state index < -0.39 is 10.1 Å². The lowest BCUT2D eigenvalue weighted by molar-refractivity contribution is -0.140. The van der Waals surface area contributed by atoms with E-state index in [9.17, 15) is 13.2 Å². The number of hydrogen-bond acceptors (Lipinski definition) is 4. The van der Waals surface area contributed by atoms with Gasteiger partial charge < -0.3 is 9.50 Å². The summed E-state index contributed by atoms with van der Waals surface area (Å²) >= 11 is 0. The molecule has 4 bridgehead atoms. The first-order chi connectivity index (χ1) is 13.9. The number of anilines is 1. The van der Waals surface area contributed by atoms with Gasteiger partial charge in [-0.25, -0.2) is 0 Å². The highest BCUT2D eigenvalue weighted by molar-refractivity contribution is 7.87. The molecule has 2 aromatic carbocycles. The second kappa shape index (κ2) is 6.87. The van der Waals surface area contributed by atoms with Crippen molar-refractivity contribution >= 4 is 21.7 Å². The van der Waals surface area contributed by atoms with Crippen LogP contribution in [0.5, 0.6) is 5.75 Å². The molecule has 0 aliphatic heterocycles. The van der Waals surface area contributed by atoms with Gasteiger partial charge in [-0.05, 0) is 92.7 Å². The van der Waals surface area contributed by atoms with Crippen molar-refractivity contribution in [3.05, 3.63) is 54.6 Å². The Bertz CT molecular complexity index is 979. The van der Waals surface area contributed by atoms with Gasteiger partial charge in [0.1, 0.15) is 10.6 Å². The first-order valence-electron chi connectivity index (χ1n) is 10.3. The third-order valence-electron chi connectivity index (χ3n) is 6.87. The van der Waals surface area contributed by atoms with Crippen molar-refractivity contribution < 1.29 is 17.4 Å². The van der Waals surface area contributed by atoms with E-state index >= 15 is 0 Å². The van der Waals surface area contributed by atoms with E-state index in [4.69, 9.17) is 4.18 Å². The maximum atomic E-state index is 13.1. The number of carbonyl (C=O) groups excluding carboxylic acids is 1. The van der Waals surface area contributed by atoms with Gasteiger partial charge in [-0.3, -0.25) is 4.79 Å². The minimum atomic E-state index is -3.87. The van der Waals surface area contributed by atoms with Crippen LogP contribution in [-0.4, -0.2) is 14.3 Å². The molecule has 6 heteroatoms. The normalized spacial score (nSPS) is 30.1. The molecular formula is C23H25NO4S. The Morgan fingerprint density at radius 2 is 1.41 bits per heavy atom. The second-order valence-corrected chi connectivity index (χ2v) is 10.6. The van der Waals surface area contributed by atoms with Crippen LogP contribution in [0.2, 0.25) is 0 Å². The summed E-state index contributed by atoms with van der Waals surface area (Å²) in [4.78, 5) is 13.2. The van der Waals surface area contributed by atoms with Crippen LogP contribution < -0.4 is 9.50 Å². The van der Waals surface area contributed by atoms with Gasteiger partial charge in [0.05, 0.1) is 5.41 Å². The molecule has 6 rings (SSSR count). The summed E-state index contributed by atoms with van der Waals surface area (Å²) in [6.07, 6.45) is 6.95. The van der Waals surface area contributed by atoms with Gasteiger partial charge in [-0.15, -0.1) is 0 Å². The molecule has 5 nitrogen and oxygen atoms in total. The standard InChI is InChI=1S/C23H25NO4S/c25-22(23-13-16-10-17(14-23)12-18(11-16)15-23)24-19-6-8-20(9-7-19)28-29(26,27)21-4-2-1-3-5-21/h1-9,16-18H,10-15H2,(H,24,25). The third-order valence-corrected chi connectivity index (χ3v) is 8.13. The minimum Gasteiger partial charge on any atom is -0.379 e. The van der Waals surface area contributed by atoms with Gasteiger partial charge in [0.15, 0.2) is 0 Å². The van der Waals surface area contributed by atoms with Crippen molar-refractivity contribution in [1.29, 1.82) is 0 Å². The van der Waals surface area contributed by atoms with E-state index in [2.05, 4.69) is 5.32 Å². The summed E-state index contributed by atoms with van der Waals surface area (Å²) in [5.74, 6) is 2.49. The molecule has 4 aliphatic carbocycles. The number of amides is 1. The molecule has 152 valence electrons. The molecule has 0 saturated heterocycles. The Labute approximate surface area is 171 Å². The van der Waals surface area contributed by atoms with Crippen molar-refractivity contribution in [2.45, 2.75) is 43.4 Å². The highest BCUT2D eigenvalue weighted by atomic mass is 32.2. The van der Waals surface area contributed by atoms with Crippen LogP contribution in [0.15, 0.2) is 59.5 Å². The SMILES string of the molecule is O=C(Nc1ccc(OS(=O)(=O)c2ccccc2)cc1)C12CC3CC(CC(C3)C1)C2. The largest absolute Gasteiger partial charge is 0.379 e. The van der Waals surface area contributed by atoms with E-state index in [0.717, 1.165) is 19.3 Å². The monoisotopic (exact) mass is 411 g/mol. The molecule has 4 saturated carbocycles. The number of nitrogens with one attached hydrogen (secondary N) is 1. The van der Waals surface area contributed by atoms with E-state index in [1.165, 1.54) is 31.4 Å². The maximum absolute atomic E-state index is 13.1. The average molecular weight is 412 g/mol. The molecule has 0 atom stereocenters. The fraction of sp³-hybridized carbons (Fsp3) is 0.435. The van der Waals surface area contributed by atoms with E-state index in [-0.39, 0.29) is 22.0 Å². The van der Waals surface area contributed by atoms with Gasteiger partial charge in [0.25, 0.3) is 0 Å². The molecule has 0 aromatic heterocycles. The van der Waals surface area contributed by atoms with Crippen molar-refractivity contribution in [2.75, 3.05) is 5.32 Å². The summed E-state index contributed by atoms with van der Waals surface area (Å²) < 4.78 is 29.9. The molecule has 0 heterocycles. The van der Waals surface area contributed by atoms with Gasteiger partial charge in [0, 0.05) is 5.69 Å². The summed E-state index contributed by atoms with van der Waals surface area (Å²) in [6, 6.07) is 14.6. The Kier molecular flexibility index (Phi) is 4.42. The van der Waals surface area contributed by atoms with Crippen molar-refractivity contribution in [3.63, 3.8) is 0 Å². The lowest BCUT2D eigenvalue weighted by Crippen LogP contribution is -2.51. The second-order valence-electron chi connectivity index (χ2n) is 9.03. The molecule has 0 spiro atoms. The van der Waals surface area contributed by atoms with Crippen LogP contribution in [0.1, 0.15) is 38.5 Å². The van der Waals surface area contributed by atoms with Crippen LogP contribution in [0, 0.1) is 23.2 Å². The van der Waals surface area contributed by atoms with Crippen LogP contribution in [-0.2, 0) is 14.9 Å². The molecule has 4 aliphatic rings. The predicted octanol–water partition coefficient (Wildman–Crippen LogP) is 4.61. The van der Waals surface area contributed by atoms with E-state index in [1.54, 1.807) is 42.5 Å². The molecular weight excluding hydrogens is 386 g/mol. The highest BCUT2D eigenvalue weighted by Gasteiger charge is 2.54. The molecule has 29 heavy (non-hydrogen) atoms. The number of benzene rings is 2. The lowest BCUT2D eigenvalue weighted by Gasteiger charge is -2.55. The fourth-order valence-corrected chi connectivity index (χ4v) is 6.96. The quantitative estimate of drug-likeness (QED) is 0.730. The van der Waals surface area contributed by atoms with E-state index in [1.807, 2.05) is 0 Å². The van der Waals surface area contributed by atoms with Crippen molar-refractivity contribution in [3.8, 4) is 5.75 Å². The predicted molar refractivity (Wildman–Crippen MR) is 110 cm³/mol. The minimum absolute atomic E-state index is 0.110. The summed E-state index contributed by atoms with van der Waals surface area (Å²) in [5, 5.41) is 3.08. The zero-order valence-electron chi connectivity index (χ0n) is 16.2. The van der Waals surface area contributed by atoms with Crippen molar-refractivity contribution in [1.82, 2.24) is 0 Å². The van der Waals surface area contributed by atoms with Gasteiger partial charge in [-0.1, -0.05) is 18.2 Å². The first kappa shape index (κ1) is 18.7. The molecule has 2 aromatic rings. The van der Waals surface area contributed by atoms with Gasteiger partial charge in [-0.2, -0.15) is 8.42 Å². The molecule has 1 amide bonds. The Morgan fingerprint density at radius 1 is 0.862 bits per heavy atom. The molecule has 0 unspecified atom stereocenters. The van der Waals surface area contributed by atoms with Gasteiger partial charge >= 0.3 is 10.1 Å². The fourth-order valence-electron chi connectivity index (χ4n) is 6.01. The Hall–Kier alpha value is -2.34. The van der Waals surface area contributed by atoms with Crippen LogP contribution in [0.4, 0.5) is 5.69 Å². The summed E-state index contributed by atoms with van der Waals surface area (Å²) in [6.45, 7) is 0. The van der Waals surface area contributed by atoms with Crippen molar-refractivity contribution in [2.24, 2.45) is 23.2 Å². The zero-order chi connectivity index (χ0) is 20.1. The smallest absolute Gasteiger partial charge is 0.339 e. The molecule has 1 N–H and O–H groups in total. The van der Waals surface area contributed by atoms with Crippen LogP contribution in [0.25, 0.3) is 0 Å². The average Bonchev–Trinajstić information content (AvgIpc) is 2.69. The number of rotatable bonds is 5. The summed E-state index contributed by atoms with van der Waals surface area (Å²) in [5.41, 5.74) is 0.468. The van der Waals surface area contributed by atoms with E-state index in [0.29, 0.717) is 23.4 Å². The summed E-state index contributed by atoms with van der Waals surface area (Å²) in [7, 11) is -3.87. The maximum Gasteiger partial charge on any atom is 0.339 e. The van der Waals surface area contributed by atoms with Crippen LogP contribution >= 0.6 is 0 Å². The highest BCUT2D eigenvalue weighted by Crippen LogP contribution is 2.60. The third kappa shape index (κ3) is 3.54. The lowest BCUT2D eigenvalue weighted by atomic mass is 9.49. The molecule has 0 radical (unpaired) electrons. The Morgan fingerprint density at radius 3 is 1.97 bits per heavy atom. The molecule has 4 fully saturated rings. The number of carbonyl (C=O) groups is 1. The van der Waals surface area contributed by atoms with Crippen LogP contribution in [0.3, 0.4) is 0 Å². The Balaban J connectivity index is 1.27. The first-order valence-corrected chi connectivity index (χ1v) is 11.7. The zero-order valence-corrected chi connectivity index (χ0v) is 17.0.